The van der Waals surface area contributed by atoms with Crippen LogP contribution in [0.5, 0.6) is 0 Å². The van der Waals surface area contributed by atoms with E-state index >= 15 is 0 Å². The van der Waals surface area contributed by atoms with Gasteiger partial charge < -0.3 is 24.3 Å². The van der Waals surface area contributed by atoms with Crippen LogP contribution in [-0.4, -0.2) is 66.5 Å². The van der Waals surface area contributed by atoms with Crippen LogP contribution in [0.15, 0.2) is 29.3 Å². The van der Waals surface area contributed by atoms with Crippen molar-refractivity contribution in [3.8, 4) is 0 Å². The number of fused-ring (bicyclic) bond motifs is 1. The summed E-state index contributed by atoms with van der Waals surface area (Å²) in [5.74, 6) is 1.94. The van der Waals surface area contributed by atoms with Crippen LogP contribution in [0.3, 0.4) is 0 Å². The van der Waals surface area contributed by atoms with E-state index in [0.717, 1.165) is 74.9 Å². The standard InChI is InChI=1S/C21H33N5O2.HI/c1-4-22-21(26-12-10-17(11-13-26)28-15-7-14-27-3)23-16-20-24-18-8-5-6-9-19(18)25(20)2;/h5-6,8-9,17H,4,7,10-16H2,1-3H3,(H,22,23);1H. The van der Waals surface area contributed by atoms with Gasteiger partial charge in [0.25, 0.3) is 0 Å². The number of hydrogen-bond acceptors (Lipinski definition) is 4. The van der Waals surface area contributed by atoms with Crippen LogP contribution in [0, 0.1) is 0 Å². The number of para-hydroxylation sites is 2. The molecule has 162 valence electrons. The molecule has 1 aromatic heterocycles. The van der Waals surface area contributed by atoms with E-state index in [2.05, 4.69) is 34.8 Å². The van der Waals surface area contributed by atoms with Gasteiger partial charge in [-0.05, 0) is 38.3 Å². The molecule has 8 heteroatoms. The smallest absolute Gasteiger partial charge is 0.194 e. The van der Waals surface area contributed by atoms with Crippen LogP contribution in [0.4, 0.5) is 0 Å². The maximum absolute atomic E-state index is 5.97. The molecule has 1 aromatic carbocycles. The number of aliphatic imine (C=N–C) groups is 1. The highest BCUT2D eigenvalue weighted by molar-refractivity contribution is 14.0. The first-order valence-electron chi connectivity index (χ1n) is 10.3. The Labute approximate surface area is 190 Å². The number of piperidine rings is 1. The SMILES string of the molecule is CCNC(=NCc1nc2ccccc2n1C)N1CCC(OCCCOC)CC1.I. The number of hydrogen-bond donors (Lipinski definition) is 1. The molecule has 1 N–H and O–H groups in total. The van der Waals surface area contributed by atoms with Gasteiger partial charge in [0.15, 0.2) is 5.96 Å². The van der Waals surface area contributed by atoms with Crippen molar-refractivity contribution in [3.63, 3.8) is 0 Å². The number of likely N-dealkylation sites (tertiary alicyclic amines) is 1. The van der Waals surface area contributed by atoms with E-state index in [9.17, 15) is 0 Å². The minimum atomic E-state index is 0. The highest BCUT2D eigenvalue weighted by Crippen LogP contribution is 2.16. The molecule has 0 saturated carbocycles. The maximum Gasteiger partial charge on any atom is 0.194 e. The minimum absolute atomic E-state index is 0. The number of imidazole rings is 1. The van der Waals surface area contributed by atoms with Crippen LogP contribution in [0.2, 0.25) is 0 Å². The number of nitrogens with zero attached hydrogens (tertiary/aromatic N) is 4. The Morgan fingerprint density at radius 2 is 2.00 bits per heavy atom. The zero-order valence-corrected chi connectivity index (χ0v) is 20.1. The highest BCUT2D eigenvalue weighted by atomic mass is 127. The molecule has 0 unspecified atom stereocenters. The molecule has 2 aromatic rings. The summed E-state index contributed by atoms with van der Waals surface area (Å²) in [5.41, 5.74) is 2.16. The summed E-state index contributed by atoms with van der Waals surface area (Å²) >= 11 is 0. The van der Waals surface area contributed by atoms with Crippen LogP contribution >= 0.6 is 24.0 Å². The summed E-state index contributed by atoms with van der Waals surface area (Å²) < 4.78 is 13.2. The normalized spacial score (nSPS) is 15.6. The quantitative estimate of drug-likeness (QED) is 0.253. The van der Waals surface area contributed by atoms with Crippen molar-refractivity contribution in [1.29, 1.82) is 0 Å². The number of halogens is 1. The lowest BCUT2D eigenvalue weighted by Crippen LogP contribution is -2.47. The number of nitrogens with one attached hydrogen (secondary N) is 1. The van der Waals surface area contributed by atoms with Crippen molar-refractivity contribution in [1.82, 2.24) is 19.8 Å². The number of guanidine groups is 1. The fourth-order valence-corrected chi connectivity index (χ4v) is 3.60. The second-order valence-electron chi connectivity index (χ2n) is 7.15. The molecule has 1 saturated heterocycles. The van der Waals surface area contributed by atoms with E-state index in [1.165, 1.54) is 0 Å². The van der Waals surface area contributed by atoms with E-state index < -0.39 is 0 Å². The number of aromatic nitrogens is 2. The first-order valence-corrected chi connectivity index (χ1v) is 10.3. The van der Waals surface area contributed by atoms with E-state index in [1.54, 1.807) is 7.11 Å². The third-order valence-corrected chi connectivity index (χ3v) is 5.17. The zero-order chi connectivity index (χ0) is 19.8. The Kier molecular flexibility index (Phi) is 10.2. The molecule has 0 aliphatic carbocycles. The molecular formula is C21H34IN5O2. The van der Waals surface area contributed by atoms with Gasteiger partial charge in [-0.2, -0.15) is 0 Å². The number of methoxy groups -OCH3 is 1. The molecule has 0 spiro atoms. The number of rotatable bonds is 8. The minimum Gasteiger partial charge on any atom is -0.385 e. The first kappa shape index (κ1) is 23.9. The molecule has 1 aliphatic rings. The predicted octanol–water partition coefficient (Wildman–Crippen LogP) is 3.17. The maximum atomic E-state index is 5.97. The van der Waals surface area contributed by atoms with Crippen LogP contribution < -0.4 is 5.32 Å². The second kappa shape index (κ2) is 12.3. The lowest BCUT2D eigenvalue weighted by atomic mass is 10.1. The second-order valence-corrected chi connectivity index (χ2v) is 7.15. The van der Waals surface area contributed by atoms with Gasteiger partial charge in [-0.1, -0.05) is 12.1 Å². The van der Waals surface area contributed by atoms with Gasteiger partial charge in [-0.25, -0.2) is 9.98 Å². The van der Waals surface area contributed by atoms with Crippen LogP contribution in [0.25, 0.3) is 11.0 Å². The van der Waals surface area contributed by atoms with Gasteiger partial charge in [0, 0.05) is 47.0 Å². The van der Waals surface area contributed by atoms with E-state index in [4.69, 9.17) is 19.5 Å². The van der Waals surface area contributed by atoms with Crippen molar-refractivity contribution >= 4 is 41.0 Å². The van der Waals surface area contributed by atoms with E-state index in [-0.39, 0.29) is 24.0 Å². The van der Waals surface area contributed by atoms with Crippen molar-refractivity contribution in [3.05, 3.63) is 30.1 Å². The highest BCUT2D eigenvalue weighted by Gasteiger charge is 2.22. The molecular weight excluding hydrogens is 481 g/mol. The Balaban J connectivity index is 0.00000300. The number of benzene rings is 1. The zero-order valence-electron chi connectivity index (χ0n) is 17.8. The molecule has 0 bridgehead atoms. The van der Waals surface area contributed by atoms with Gasteiger partial charge >= 0.3 is 0 Å². The molecule has 0 atom stereocenters. The van der Waals surface area contributed by atoms with Gasteiger partial charge in [0.1, 0.15) is 12.4 Å². The average Bonchev–Trinajstić information content (AvgIpc) is 3.05. The summed E-state index contributed by atoms with van der Waals surface area (Å²) in [7, 11) is 3.78. The first-order chi connectivity index (χ1) is 13.7. The summed E-state index contributed by atoms with van der Waals surface area (Å²) in [4.78, 5) is 11.9. The molecule has 0 amide bonds. The monoisotopic (exact) mass is 515 g/mol. The molecule has 7 nitrogen and oxygen atoms in total. The van der Waals surface area contributed by atoms with Gasteiger partial charge in [0.05, 0.1) is 17.1 Å². The van der Waals surface area contributed by atoms with Gasteiger partial charge in [0.2, 0.25) is 0 Å². The largest absolute Gasteiger partial charge is 0.385 e. The summed E-state index contributed by atoms with van der Waals surface area (Å²) in [6, 6.07) is 8.21. The van der Waals surface area contributed by atoms with Crippen LogP contribution in [-0.2, 0) is 23.1 Å². The lowest BCUT2D eigenvalue weighted by molar-refractivity contribution is 0.00990. The Hall–Kier alpha value is -1.39. The number of aryl methyl sites for hydroxylation is 1. The number of ether oxygens (including phenoxy) is 2. The molecule has 1 fully saturated rings. The van der Waals surface area contributed by atoms with Gasteiger partial charge in [-0.15, -0.1) is 24.0 Å². The third-order valence-electron chi connectivity index (χ3n) is 5.17. The average molecular weight is 515 g/mol. The fourth-order valence-electron chi connectivity index (χ4n) is 3.60. The molecule has 3 rings (SSSR count). The van der Waals surface area contributed by atoms with Crippen molar-refractivity contribution < 1.29 is 9.47 Å². The van der Waals surface area contributed by atoms with Crippen molar-refractivity contribution in [2.45, 2.75) is 38.8 Å². The Bertz CT molecular complexity index is 772. The summed E-state index contributed by atoms with van der Waals surface area (Å²) in [6.45, 7) is 7.00. The topological polar surface area (TPSA) is 63.9 Å². The predicted molar refractivity (Wildman–Crippen MR) is 128 cm³/mol. The molecule has 2 heterocycles. The van der Waals surface area contributed by atoms with Gasteiger partial charge in [-0.3, -0.25) is 0 Å². The molecule has 1 aliphatic heterocycles. The summed E-state index contributed by atoms with van der Waals surface area (Å²) in [5, 5.41) is 3.43. The van der Waals surface area contributed by atoms with Crippen molar-refractivity contribution in [2.24, 2.45) is 12.0 Å². The molecule has 29 heavy (non-hydrogen) atoms. The summed E-state index contributed by atoms with van der Waals surface area (Å²) in [6.07, 6.45) is 3.36. The van der Waals surface area contributed by atoms with E-state index in [0.29, 0.717) is 12.6 Å². The molecule has 0 radical (unpaired) electrons. The van der Waals surface area contributed by atoms with E-state index in [1.807, 2.05) is 18.2 Å². The van der Waals surface area contributed by atoms with Crippen molar-refractivity contribution in [2.75, 3.05) is 40.0 Å². The fraction of sp³-hybridized carbons (Fsp3) is 0.619. The van der Waals surface area contributed by atoms with Crippen LogP contribution in [0.1, 0.15) is 32.0 Å². The third kappa shape index (κ3) is 6.55. The Morgan fingerprint density at radius 1 is 1.24 bits per heavy atom. The Morgan fingerprint density at radius 3 is 2.69 bits per heavy atom. The lowest BCUT2D eigenvalue weighted by Gasteiger charge is -2.34.